The van der Waals surface area contributed by atoms with E-state index in [4.69, 9.17) is 16.3 Å². The molecule has 2 aliphatic rings. The van der Waals surface area contributed by atoms with E-state index >= 15 is 0 Å². The minimum Gasteiger partial charge on any atom is -0.333 e. The van der Waals surface area contributed by atoms with Crippen molar-refractivity contribution in [3.63, 3.8) is 0 Å². The third-order valence-corrected chi connectivity index (χ3v) is 11.5. The maximum Gasteiger partial charge on any atom is 0.149 e. The van der Waals surface area contributed by atoms with Crippen molar-refractivity contribution in [2.45, 2.75) is 44.0 Å². The van der Waals surface area contributed by atoms with E-state index in [0.29, 0.717) is 5.92 Å². The number of allylic oxidation sites excluding steroid dienone is 1. The fraction of sp³-hybridized carbons (Fsp3) is 0.500. The second kappa shape index (κ2) is 5.28. The molecular weight excluding hydrogens is 303 g/mol. The van der Waals surface area contributed by atoms with Gasteiger partial charge in [0.1, 0.15) is 5.47 Å². The summed E-state index contributed by atoms with van der Waals surface area (Å²) in [7, 11) is 0. The molecule has 1 saturated heterocycles. The average molecular weight is 324 g/mol. The second-order valence-corrected chi connectivity index (χ2v) is 13.3. The zero-order valence-electron chi connectivity index (χ0n) is 12.0. The Bertz CT molecular complexity index is 571. The lowest BCUT2D eigenvalue weighted by molar-refractivity contribution is 0.128. The molecule has 2 fully saturated rings. The van der Waals surface area contributed by atoms with Crippen LogP contribution in [0.15, 0.2) is 42.5 Å². The van der Waals surface area contributed by atoms with E-state index in [0.717, 1.165) is 6.42 Å². The lowest BCUT2D eigenvalue weighted by atomic mass is 9.77. The number of benzene rings is 1. The zero-order valence-corrected chi connectivity index (χ0v) is 14.6. The molecule has 0 radical (unpaired) electrons. The van der Waals surface area contributed by atoms with Gasteiger partial charge in [0.2, 0.25) is 0 Å². The van der Waals surface area contributed by atoms with Gasteiger partial charge in [0.05, 0.1) is 6.10 Å². The smallest absolute Gasteiger partial charge is 0.149 e. The summed E-state index contributed by atoms with van der Waals surface area (Å²) in [6, 6.07) is 10.4. The molecule has 0 spiro atoms. The van der Waals surface area contributed by atoms with Gasteiger partial charge in [-0.1, -0.05) is 65.7 Å². The molecule has 0 unspecified atom stereocenters. The third kappa shape index (κ3) is 2.54. The SMILES string of the molecule is C=C(C)[C@@H]1CC[C@]2(C)S[P@](=S)(c3ccccc3)O[C@H]2C1. The molecule has 1 heterocycles. The molecule has 0 amide bonds. The van der Waals surface area contributed by atoms with Crippen molar-refractivity contribution in [2.24, 2.45) is 5.92 Å². The quantitative estimate of drug-likeness (QED) is 0.566. The Labute approximate surface area is 131 Å². The van der Waals surface area contributed by atoms with E-state index in [-0.39, 0.29) is 10.9 Å². The van der Waals surface area contributed by atoms with Gasteiger partial charge in [-0.25, -0.2) is 0 Å². The van der Waals surface area contributed by atoms with E-state index in [1.807, 2.05) is 17.4 Å². The highest BCUT2D eigenvalue weighted by atomic mass is 32.9. The van der Waals surface area contributed by atoms with Crippen molar-refractivity contribution in [1.82, 2.24) is 0 Å². The molecule has 1 aliphatic heterocycles. The van der Waals surface area contributed by atoms with E-state index in [1.54, 1.807) is 0 Å². The second-order valence-electron chi connectivity index (χ2n) is 6.15. The summed E-state index contributed by atoms with van der Waals surface area (Å²) in [6.45, 7) is 8.61. The van der Waals surface area contributed by atoms with E-state index in [2.05, 4.69) is 44.7 Å². The molecule has 4 atom stereocenters. The van der Waals surface area contributed by atoms with Crippen molar-refractivity contribution < 1.29 is 4.52 Å². The van der Waals surface area contributed by atoms with Crippen LogP contribution >= 0.6 is 16.8 Å². The fourth-order valence-electron chi connectivity index (χ4n) is 3.14. The van der Waals surface area contributed by atoms with Gasteiger partial charge in [-0.3, -0.25) is 0 Å². The maximum absolute atomic E-state index is 6.47. The lowest BCUT2D eigenvalue weighted by Gasteiger charge is -2.37. The Morgan fingerprint density at radius 2 is 2.15 bits per heavy atom. The summed E-state index contributed by atoms with van der Waals surface area (Å²) < 4.78 is 6.66. The normalized spacial score (nSPS) is 40.3. The molecule has 4 heteroatoms. The molecule has 1 aromatic rings. The third-order valence-electron chi connectivity index (χ3n) is 4.53. The Morgan fingerprint density at radius 1 is 1.45 bits per heavy atom. The molecule has 3 rings (SSSR count). The highest BCUT2D eigenvalue weighted by molar-refractivity contribution is 8.72. The molecule has 1 aromatic carbocycles. The fourth-order valence-corrected chi connectivity index (χ4v) is 11.3. The van der Waals surface area contributed by atoms with Crippen LogP contribution in [-0.2, 0) is 16.3 Å². The number of fused-ring (bicyclic) bond motifs is 1. The molecule has 20 heavy (non-hydrogen) atoms. The van der Waals surface area contributed by atoms with Crippen LogP contribution < -0.4 is 5.30 Å². The summed E-state index contributed by atoms with van der Waals surface area (Å²) in [5, 5.41) is 1.21. The Kier molecular flexibility index (Phi) is 3.92. The first kappa shape index (κ1) is 14.8. The first-order chi connectivity index (χ1) is 9.43. The van der Waals surface area contributed by atoms with Gasteiger partial charge >= 0.3 is 0 Å². The van der Waals surface area contributed by atoms with Gasteiger partial charge < -0.3 is 4.52 Å². The predicted molar refractivity (Wildman–Crippen MR) is 93.4 cm³/mol. The van der Waals surface area contributed by atoms with Crippen LogP contribution in [0.2, 0.25) is 0 Å². The molecule has 0 N–H and O–H groups in total. The van der Waals surface area contributed by atoms with E-state index in [9.17, 15) is 0 Å². The Morgan fingerprint density at radius 3 is 2.80 bits per heavy atom. The molecule has 108 valence electrons. The van der Waals surface area contributed by atoms with Gasteiger partial charge in [-0.05, 0) is 39.0 Å². The summed E-state index contributed by atoms with van der Waals surface area (Å²) >= 11 is 7.89. The van der Waals surface area contributed by atoms with Crippen molar-refractivity contribution in [3.8, 4) is 0 Å². The molecule has 1 saturated carbocycles. The van der Waals surface area contributed by atoms with Crippen molar-refractivity contribution in [3.05, 3.63) is 42.5 Å². The van der Waals surface area contributed by atoms with Gasteiger partial charge in [-0.15, -0.1) is 0 Å². The van der Waals surface area contributed by atoms with E-state index < -0.39 is 5.47 Å². The predicted octanol–water partition coefficient (Wildman–Crippen LogP) is 4.89. The zero-order chi connectivity index (χ0) is 14.4. The molecule has 0 aromatic heterocycles. The topological polar surface area (TPSA) is 9.23 Å². The molecule has 1 nitrogen and oxygen atoms in total. The maximum atomic E-state index is 6.47. The van der Waals surface area contributed by atoms with Crippen LogP contribution in [0.4, 0.5) is 0 Å². The summed E-state index contributed by atoms with van der Waals surface area (Å²) in [5.74, 6) is 0.603. The van der Waals surface area contributed by atoms with Gasteiger partial charge in [-0.2, -0.15) is 0 Å². The standard InChI is InChI=1S/C16H21OPS2/c1-12(2)13-9-10-16(3)15(11-13)17-18(19,20-16)14-7-5-4-6-8-14/h4-8,13,15H,1,9-11H2,2-3H3/t13-,15+,16+,18-/m1/s1. The minimum atomic E-state index is -1.93. The van der Waals surface area contributed by atoms with Crippen molar-refractivity contribution in [1.29, 1.82) is 0 Å². The van der Waals surface area contributed by atoms with Gasteiger partial charge in [0.15, 0.2) is 0 Å². The summed E-state index contributed by atoms with van der Waals surface area (Å²) in [6.07, 6.45) is 3.78. The minimum absolute atomic E-state index is 0.192. The summed E-state index contributed by atoms with van der Waals surface area (Å²) in [4.78, 5) is 0. The van der Waals surface area contributed by atoms with Crippen LogP contribution in [-0.4, -0.2) is 10.9 Å². The first-order valence-corrected chi connectivity index (χ1v) is 11.3. The monoisotopic (exact) mass is 324 g/mol. The van der Waals surface area contributed by atoms with Gasteiger partial charge in [0, 0.05) is 10.1 Å². The Balaban J connectivity index is 1.88. The van der Waals surface area contributed by atoms with Crippen LogP contribution in [0.5, 0.6) is 0 Å². The summed E-state index contributed by atoms with van der Waals surface area (Å²) in [5.41, 5.74) is -0.637. The number of rotatable bonds is 2. The highest BCUT2D eigenvalue weighted by Crippen LogP contribution is 2.74. The average Bonchev–Trinajstić information content (AvgIpc) is 2.70. The highest BCUT2D eigenvalue weighted by Gasteiger charge is 2.52. The van der Waals surface area contributed by atoms with Crippen molar-refractivity contribution in [2.75, 3.05) is 0 Å². The molecule has 0 bridgehead atoms. The van der Waals surface area contributed by atoms with Crippen LogP contribution in [0.1, 0.15) is 33.1 Å². The van der Waals surface area contributed by atoms with E-state index in [1.165, 1.54) is 23.7 Å². The Hall–Kier alpha value is -0.0800. The molecule has 1 aliphatic carbocycles. The van der Waals surface area contributed by atoms with Crippen LogP contribution in [0.3, 0.4) is 0 Å². The van der Waals surface area contributed by atoms with Crippen molar-refractivity contribution >= 4 is 34.0 Å². The number of hydrogen-bond donors (Lipinski definition) is 0. The van der Waals surface area contributed by atoms with Gasteiger partial charge in [0.25, 0.3) is 0 Å². The van der Waals surface area contributed by atoms with Crippen LogP contribution in [0.25, 0.3) is 0 Å². The van der Waals surface area contributed by atoms with Crippen LogP contribution in [0, 0.1) is 5.92 Å². The first-order valence-electron chi connectivity index (χ1n) is 7.13. The lowest BCUT2D eigenvalue weighted by Crippen LogP contribution is -2.39. The number of hydrogen-bond acceptors (Lipinski definition) is 3. The molecular formula is C16H21OPS2. The largest absolute Gasteiger partial charge is 0.333 e.